The van der Waals surface area contributed by atoms with E-state index in [-0.39, 0.29) is 18.8 Å². The van der Waals surface area contributed by atoms with E-state index in [0.29, 0.717) is 23.9 Å². The third kappa shape index (κ3) is 6.40. The van der Waals surface area contributed by atoms with Crippen molar-refractivity contribution in [3.8, 4) is 16.8 Å². The first-order valence-electron chi connectivity index (χ1n) is 13.6. The molecule has 0 spiro atoms. The molecule has 0 aliphatic carbocycles. The van der Waals surface area contributed by atoms with Gasteiger partial charge in [-0.05, 0) is 62.5 Å². The zero-order chi connectivity index (χ0) is 28.0. The molecule has 1 saturated heterocycles. The number of aliphatic hydroxyl groups excluding tert-OH is 1. The second-order valence-corrected chi connectivity index (χ2v) is 10.9. The van der Waals surface area contributed by atoms with Crippen LogP contribution in [0.2, 0.25) is 0 Å². The van der Waals surface area contributed by atoms with Crippen LogP contribution in [0.15, 0.2) is 108 Å². The molecule has 2 heterocycles. The second-order valence-electron chi connectivity index (χ2n) is 9.90. The van der Waals surface area contributed by atoms with Crippen molar-refractivity contribution in [2.24, 2.45) is 5.73 Å². The second kappa shape index (κ2) is 12.8. The Labute approximate surface area is 243 Å². The monoisotopic (exact) mass is 565 g/mol. The number of hydrogen-bond donors (Lipinski definition) is 2. The van der Waals surface area contributed by atoms with Crippen molar-refractivity contribution >= 4 is 11.8 Å². The first-order valence-corrected chi connectivity index (χ1v) is 14.6. The molecular weight excluding hydrogens is 534 g/mol. The molecule has 3 unspecified atom stereocenters. The van der Waals surface area contributed by atoms with Gasteiger partial charge >= 0.3 is 0 Å². The van der Waals surface area contributed by atoms with Gasteiger partial charge in [0.05, 0.1) is 24.5 Å². The number of aromatic nitrogens is 4. The maximum atomic E-state index is 9.51. The van der Waals surface area contributed by atoms with E-state index in [0.717, 1.165) is 39.1 Å². The summed E-state index contributed by atoms with van der Waals surface area (Å²) in [6.45, 7) is 0.497. The van der Waals surface area contributed by atoms with Crippen molar-refractivity contribution in [3.63, 3.8) is 0 Å². The van der Waals surface area contributed by atoms with Crippen LogP contribution in [0.3, 0.4) is 0 Å². The maximum Gasteiger partial charge on any atom is 0.214 e. The van der Waals surface area contributed by atoms with E-state index in [9.17, 15) is 5.11 Å². The third-order valence-corrected chi connectivity index (χ3v) is 8.16. The Morgan fingerprint density at radius 2 is 1.61 bits per heavy atom. The Balaban J connectivity index is 1.26. The topological polar surface area (TPSA) is 108 Å². The Morgan fingerprint density at radius 1 is 0.829 bits per heavy atom. The average Bonchev–Trinajstić information content (AvgIpc) is 3.53. The van der Waals surface area contributed by atoms with Crippen molar-refractivity contribution < 1.29 is 14.6 Å². The van der Waals surface area contributed by atoms with Crippen LogP contribution >= 0.6 is 11.8 Å². The number of para-hydroxylation sites is 1. The highest BCUT2D eigenvalue weighted by molar-refractivity contribution is 7.99. The van der Waals surface area contributed by atoms with Crippen LogP contribution in [0.25, 0.3) is 16.8 Å². The minimum Gasteiger partial charge on any atom is -0.392 e. The average molecular weight is 566 g/mol. The van der Waals surface area contributed by atoms with Crippen molar-refractivity contribution in [1.29, 1.82) is 0 Å². The fraction of sp³-hybridized carbons (Fsp3) is 0.219. The Hall–Kier alpha value is -3.86. The molecule has 3 N–H and O–H groups in total. The van der Waals surface area contributed by atoms with Crippen molar-refractivity contribution in [2.75, 3.05) is 5.75 Å². The summed E-state index contributed by atoms with van der Waals surface area (Å²) in [5, 5.41) is 22.6. The van der Waals surface area contributed by atoms with E-state index in [1.54, 1.807) is 16.4 Å². The van der Waals surface area contributed by atoms with Gasteiger partial charge in [0, 0.05) is 24.3 Å². The highest BCUT2D eigenvalue weighted by Crippen LogP contribution is 2.40. The Bertz CT molecular complexity index is 1580. The molecule has 6 rings (SSSR count). The molecule has 3 atom stereocenters. The lowest BCUT2D eigenvalue weighted by Crippen LogP contribution is -2.31. The van der Waals surface area contributed by atoms with Crippen LogP contribution in [0.4, 0.5) is 0 Å². The molecule has 0 radical (unpaired) electrons. The quantitative estimate of drug-likeness (QED) is 0.222. The van der Waals surface area contributed by atoms with Gasteiger partial charge in [-0.2, -0.15) is 4.68 Å². The van der Waals surface area contributed by atoms with Gasteiger partial charge in [0.15, 0.2) is 6.29 Å². The lowest BCUT2D eigenvalue weighted by molar-refractivity contribution is -0.245. The number of rotatable bonds is 9. The Kier molecular flexibility index (Phi) is 8.50. The fourth-order valence-corrected chi connectivity index (χ4v) is 5.84. The summed E-state index contributed by atoms with van der Waals surface area (Å²) in [5.74, 6) is 0.649. The van der Waals surface area contributed by atoms with Crippen LogP contribution in [0, 0.1) is 0 Å². The number of thioether (sulfide) groups is 1. The zero-order valence-electron chi connectivity index (χ0n) is 22.4. The fourth-order valence-electron chi connectivity index (χ4n) is 4.93. The number of aliphatic hydroxyl groups is 1. The van der Waals surface area contributed by atoms with Gasteiger partial charge in [-0.15, -0.1) is 5.10 Å². The minimum atomic E-state index is -0.556. The van der Waals surface area contributed by atoms with Crippen molar-refractivity contribution in [3.05, 3.63) is 125 Å². The first kappa shape index (κ1) is 27.3. The molecule has 208 valence electrons. The van der Waals surface area contributed by atoms with E-state index in [2.05, 4.69) is 39.8 Å². The van der Waals surface area contributed by atoms with E-state index in [1.807, 2.05) is 78.9 Å². The first-order chi connectivity index (χ1) is 20.2. The highest BCUT2D eigenvalue weighted by atomic mass is 32.2. The summed E-state index contributed by atoms with van der Waals surface area (Å²) in [6, 6.07) is 34.3. The van der Waals surface area contributed by atoms with Gasteiger partial charge in [0.2, 0.25) is 5.16 Å². The number of nitrogens with two attached hydrogens (primary N) is 1. The molecule has 8 nitrogen and oxygen atoms in total. The normalized spacial score (nSPS) is 18.8. The molecule has 4 aromatic carbocycles. The predicted octanol–water partition coefficient (Wildman–Crippen LogP) is 5.62. The Morgan fingerprint density at radius 3 is 2.39 bits per heavy atom. The smallest absolute Gasteiger partial charge is 0.214 e. The summed E-state index contributed by atoms with van der Waals surface area (Å²) in [5.41, 5.74) is 12.9. The number of ether oxygens (including phenoxy) is 2. The molecule has 9 heteroatoms. The van der Waals surface area contributed by atoms with Crippen molar-refractivity contribution in [1.82, 2.24) is 20.2 Å². The lowest BCUT2D eigenvalue weighted by Gasteiger charge is -2.36. The molecule has 41 heavy (non-hydrogen) atoms. The standard InChI is InChI=1S/C32H31N5O3S/c33-19-23-6-4-7-25(16-23)26-8-5-9-27(17-26)31-39-29(18-30(40-31)24-14-12-22(20-38)13-15-24)21-41-32-34-35-36-37(32)28-10-2-1-3-11-28/h1-17,29-31,38H,18-21,33H2. The van der Waals surface area contributed by atoms with Crippen LogP contribution in [-0.4, -0.2) is 37.2 Å². The summed E-state index contributed by atoms with van der Waals surface area (Å²) >= 11 is 1.56. The number of tetrazole rings is 1. The van der Waals surface area contributed by atoms with Gasteiger partial charge in [-0.1, -0.05) is 90.6 Å². The lowest BCUT2D eigenvalue weighted by atomic mass is 9.99. The van der Waals surface area contributed by atoms with Gasteiger partial charge in [-0.25, -0.2) is 0 Å². The molecule has 1 fully saturated rings. The van der Waals surface area contributed by atoms with Crippen molar-refractivity contribution in [2.45, 2.75) is 43.2 Å². The molecular formula is C32H31N5O3S. The van der Waals surface area contributed by atoms with Gasteiger partial charge < -0.3 is 20.3 Å². The third-order valence-electron chi connectivity index (χ3n) is 7.11. The van der Waals surface area contributed by atoms with Gasteiger partial charge in [-0.3, -0.25) is 0 Å². The summed E-state index contributed by atoms with van der Waals surface area (Å²) < 4.78 is 14.9. The molecule has 1 aliphatic heterocycles. The zero-order valence-corrected chi connectivity index (χ0v) is 23.2. The van der Waals surface area contributed by atoms with Crippen LogP contribution in [0.5, 0.6) is 0 Å². The highest BCUT2D eigenvalue weighted by Gasteiger charge is 2.33. The van der Waals surface area contributed by atoms with E-state index >= 15 is 0 Å². The largest absolute Gasteiger partial charge is 0.392 e. The van der Waals surface area contributed by atoms with Gasteiger partial charge in [0.25, 0.3) is 0 Å². The van der Waals surface area contributed by atoms with Gasteiger partial charge in [0.1, 0.15) is 0 Å². The molecule has 1 aliphatic rings. The molecule has 0 amide bonds. The molecule has 1 aromatic heterocycles. The number of nitrogens with zero attached hydrogens (tertiary/aromatic N) is 4. The van der Waals surface area contributed by atoms with Crippen LogP contribution in [0.1, 0.15) is 41.1 Å². The maximum absolute atomic E-state index is 9.51. The number of benzene rings is 4. The molecule has 5 aromatic rings. The summed E-state index contributed by atoms with van der Waals surface area (Å²) in [7, 11) is 0. The van der Waals surface area contributed by atoms with E-state index in [1.165, 1.54) is 0 Å². The number of hydrogen-bond acceptors (Lipinski definition) is 8. The van der Waals surface area contributed by atoms with Crippen LogP contribution < -0.4 is 5.73 Å². The summed E-state index contributed by atoms with van der Waals surface area (Å²) in [6.07, 6.45) is -0.180. The predicted molar refractivity (Wildman–Crippen MR) is 158 cm³/mol. The summed E-state index contributed by atoms with van der Waals surface area (Å²) in [4.78, 5) is 0. The van der Waals surface area contributed by atoms with E-state index in [4.69, 9.17) is 15.2 Å². The SMILES string of the molecule is NCc1cccc(-c2cccc(C3OC(CSc4nnnn4-c4ccccc4)CC(c4ccc(CO)cc4)O3)c2)c1. The van der Waals surface area contributed by atoms with Crippen LogP contribution in [-0.2, 0) is 22.6 Å². The minimum absolute atomic E-state index is 0.00505. The molecule has 0 bridgehead atoms. The molecule has 0 saturated carbocycles. The van der Waals surface area contributed by atoms with E-state index < -0.39 is 6.29 Å².